The van der Waals surface area contributed by atoms with Crippen molar-refractivity contribution in [3.05, 3.63) is 0 Å². The first-order chi connectivity index (χ1) is 4.25. The van der Waals surface area contributed by atoms with Gasteiger partial charge >= 0.3 is 0 Å². The molecule has 1 saturated carbocycles. The second kappa shape index (κ2) is 2.20. The van der Waals surface area contributed by atoms with Gasteiger partial charge in [0.25, 0.3) is 0 Å². The Morgan fingerprint density at radius 2 is 2.33 bits per heavy atom. The van der Waals surface area contributed by atoms with Crippen LogP contribution in [0.1, 0.15) is 12.8 Å². The van der Waals surface area contributed by atoms with Gasteiger partial charge in [0.1, 0.15) is 0 Å². The number of ketones is 1. The summed E-state index contributed by atoms with van der Waals surface area (Å²) in [4.78, 5) is 10.6. The first-order valence-electron chi connectivity index (χ1n) is 3.01. The summed E-state index contributed by atoms with van der Waals surface area (Å²) in [5.74, 6) is 2.15. The van der Waals surface area contributed by atoms with Crippen LogP contribution in [0.5, 0.6) is 0 Å². The number of carbonyl (C=O) groups is 1. The molecule has 1 atom stereocenters. The summed E-state index contributed by atoms with van der Waals surface area (Å²) in [7, 11) is 0. The molecule has 2 N–H and O–H groups in total. The van der Waals surface area contributed by atoms with Gasteiger partial charge in [-0.05, 0) is 24.7 Å². The van der Waals surface area contributed by atoms with E-state index in [1.165, 1.54) is 0 Å². The molecule has 0 spiro atoms. The molecule has 0 aromatic rings. The number of Topliss-reactive ketones (excluding diaryl/α,β-unsaturated/α-hetero) is 1. The van der Waals surface area contributed by atoms with Crippen molar-refractivity contribution in [2.45, 2.75) is 18.9 Å². The van der Waals surface area contributed by atoms with Crippen molar-refractivity contribution in [2.24, 2.45) is 11.7 Å². The van der Waals surface area contributed by atoms with Gasteiger partial charge in [-0.25, -0.2) is 0 Å². The lowest BCUT2D eigenvalue weighted by Crippen LogP contribution is -2.31. The molecule has 2 heteroatoms. The number of rotatable bonds is 2. The molecule has 0 heterocycles. The molecule has 0 bridgehead atoms. The van der Waals surface area contributed by atoms with Crippen molar-refractivity contribution in [1.82, 2.24) is 0 Å². The molecule has 9 heavy (non-hydrogen) atoms. The highest BCUT2D eigenvalue weighted by Gasteiger charge is 2.32. The van der Waals surface area contributed by atoms with Crippen LogP contribution < -0.4 is 5.73 Å². The Hall–Kier alpha value is -0.810. The summed E-state index contributed by atoms with van der Waals surface area (Å²) in [6.07, 6.45) is 6.99. The maximum Gasteiger partial charge on any atom is 0.222 e. The van der Waals surface area contributed by atoms with Gasteiger partial charge < -0.3 is 5.73 Å². The summed E-state index contributed by atoms with van der Waals surface area (Å²) in [5, 5.41) is 0. The Morgan fingerprint density at radius 1 is 1.78 bits per heavy atom. The Bertz CT molecular complexity index is 164. The minimum atomic E-state index is -0.380. The third-order valence-corrected chi connectivity index (χ3v) is 1.57. The predicted molar refractivity (Wildman–Crippen MR) is 34.5 cm³/mol. The second-order valence-corrected chi connectivity index (χ2v) is 2.37. The molecular weight excluding hydrogens is 114 g/mol. The van der Waals surface area contributed by atoms with Crippen molar-refractivity contribution < 1.29 is 4.79 Å². The van der Waals surface area contributed by atoms with Crippen molar-refractivity contribution >= 4 is 5.78 Å². The summed E-state index contributed by atoms with van der Waals surface area (Å²) >= 11 is 0. The predicted octanol–water partition coefficient (Wildman–Crippen LogP) is -0.0740. The van der Waals surface area contributed by atoms with Crippen LogP contribution in [0, 0.1) is 18.3 Å². The van der Waals surface area contributed by atoms with Crippen LogP contribution >= 0.6 is 0 Å². The molecule has 0 radical (unpaired) electrons. The van der Waals surface area contributed by atoms with E-state index in [4.69, 9.17) is 12.2 Å². The smallest absolute Gasteiger partial charge is 0.222 e. The molecule has 1 unspecified atom stereocenters. The number of terminal acetylenes is 1. The molecule has 1 aliphatic carbocycles. The van der Waals surface area contributed by atoms with E-state index in [1.807, 2.05) is 5.92 Å². The molecule has 0 saturated heterocycles. The number of hydrogen-bond donors (Lipinski definition) is 1. The monoisotopic (exact) mass is 123 g/mol. The van der Waals surface area contributed by atoms with E-state index in [2.05, 4.69) is 0 Å². The van der Waals surface area contributed by atoms with E-state index in [1.54, 1.807) is 0 Å². The molecule has 0 aromatic heterocycles. The highest BCUT2D eigenvalue weighted by molar-refractivity contribution is 5.99. The Balaban J connectivity index is 2.42. The van der Waals surface area contributed by atoms with Crippen molar-refractivity contribution in [1.29, 1.82) is 0 Å². The van der Waals surface area contributed by atoms with Crippen LogP contribution in [0.15, 0.2) is 0 Å². The number of carbonyl (C=O) groups excluding carboxylic acids is 1. The van der Waals surface area contributed by atoms with Gasteiger partial charge in [-0.1, -0.05) is 0 Å². The zero-order chi connectivity index (χ0) is 6.85. The van der Waals surface area contributed by atoms with Gasteiger partial charge in [0, 0.05) is 0 Å². The molecule has 0 aliphatic heterocycles. The van der Waals surface area contributed by atoms with Crippen LogP contribution in [0.3, 0.4) is 0 Å². The van der Waals surface area contributed by atoms with Gasteiger partial charge in [0.05, 0.1) is 6.04 Å². The van der Waals surface area contributed by atoms with Gasteiger partial charge in [0.2, 0.25) is 5.78 Å². The molecule has 1 rings (SSSR count). The molecule has 2 nitrogen and oxygen atoms in total. The van der Waals surface area contributed by atoms with E-state index >= 15 is 0 Å². The normalized spacial score (nSPS) is 20.4. The fraction of sp³-hybridized carbons (Fsp3) is 0.571. The van der Waals surface area contributed by atoms with Gasteiger partial charge in [-0.3, -0.25) is 4.79 Å². The lowest BCUT2D eigenvalue weighted by atomic mass is 10.1. The van der Waals surface area contributed by atoms with Gasteiger partial charge in [-0.2, -0.15) is 0 Å². The van der Waals surface area contributed by atoms with E-state index < -0.39 is 0 Å². The molecule has 1 fully saturated rings. The molecule has 48 valence electrons. The van der Waals surface area contributed by atoms with Crippen molar-refractivity contribution in [3.63, 3.8) is 0 Å². The standard InChI is InChI=1S/C7H9NO/c1-2-6(9)7(8)5-3-4-5/h1,5,7H,3-4,8H2. The molecule has 1 aliphatic rings. The Morgan fingerprint density at radius 3 is 2.67 bits per heavy atom. The molecular formula is C7H9NO. The SMILES string of the molecule is C#CC(=O)C(N)C1CC1. The van der Waals surface area contributed by atoms with Gasteiger partial charge in [-0.15, -0.1) is 6.42 Å². The van der Waals surface area contributed by atoms with Crippen LogP contribution in [0.4, 0.5) is 0 Å². The van der Waals surface area contributed by atoms with E-state index in [-0.39, 0.29) is 11.8 Å². The zero-order valence-electron chi connectivity index (χ0n) is 5.13. The quantitative estimate of drug-likeness (QED) is 0.412. The zero-order valence-corrected chi connectivity index (χ0v) is 5.13. The van der Waals surface area contributed by atoms with Gasteiger partial charge in [0.15, 0.2) is 0 Å². The lowest BCUT2D eigenvalue weighted by molar-refractivity contribution is -0.115. The summed E-state index contributed by atoms with van der Waals surface area (Å²) in [6, 6.07) is -0.380. The van der Waals surface area contributed by atoms with E-state index in [9.17, 15) is 4.79 Å². The highest BCUT2D eigenvalue weighted by Crippen LogP contribution is 2.31. The fourth-order valence-corrected chi connectivity index (χ4v) is 0.766. The molecule has 0 amide bonds. The van der Waals surface area contributed by atoms with Crippen LogP contribution in [-0.2, 0) is 4.79 Å². The van der Waals surface area contributed by atoms with Crippen LogP contribution in [0.2, 0.25) is 0 Å². The van der Waals surface area contributed by atoms with E-state index in [0.29, 0.717) is 5.92 Å². The summed E-state index contributed by atoms with van der Waals surface area (Å²) in [5.41, 5.74) is 5.44. The maximum absolute atomic E-state index is 10.6. The third kappa shape index (κ3) is 1.30. The minimum absolute atomic E-state index is 0.252. The van der Waals surface area contributed by atoms with E-state index in [0.717, 1.165) is 12.8 Å². The topological polar surface area (TPSA) is 43.1 Å². The first-order valence-corrected chi connectivity index (χ1v) is 3.01. The van der Waals surface area contributed by atoms with Crippen molar-refractivity contribution in [2.75, 3.05) is 0 Å². The molecule has 0 aromatic carbocycles. The second-order valence-electron chi connectivity index (χ2n) is 2.37. The highest BCUT2D eigenvalue weighted by atomic mass is 16.1. The number of hydrogen-bond acceptors (Lipinski definition) is 2. The number of nitrogens with two attached hydrogens (primary N) is 1. The van der Waals surface area contributed by atoms with Crippen LogP contribution in [-0.4, -0.2) is 11.8 Å². The summed E-state index contributed by atoms with van der Waals surface area (Å²) in [6.45, 7) is 0. The fourth-order valence-electron chi connectivity index (χ4n) is 0.766. The van der Waals surface area contributed by atoms with Crippen molar-refractivity contribution in [3.8, 4) is 12.3 Å². The third-order valence-electron chi connectivity index (χ3n) is 1.57. The Labute approximate surface area is 54.4 Å². The average Bonchev–Trinajstić information content (AvgIpc) is 2.66. The largest absolute Gasteiger partial charge is 0.320 e. The van der Waals surface area contributed by atoms with Crippen LogP contribution in [0.25, 0.3) is 0 Å². The maximum atomic E-state index is 10.6. The first kappa shape index (κ1) is 6.31. The average molecular weight is 123 g/mol. The Kier molecular flexibility index (Phi) is 1.54. The lowest BCUT2D eigenvalue weighted by Gasteiger charge is -2.00. The minimum Gasteiger partial charge on any atom is -0.320 e. The summed E-state index contributed by atoms with van der Waals surface area (Å²) < 4.78 is 0.